The summed E-state index contributed by atoms with van der Waals surface area (Å²) < 4.78 is 0. The third kappa shape index (κ3) is 7.92. The maximum Gasteiger partial charge on any atom is 0.00766 e. The molecule has 0 aromatic heterocycles. The van der Waals surface area contributed by atoms with Crippen LogP contribution in [0.5, 0.6) is 0 Å². The second kappa shape index (κ2) is 8.92. The lowest BCUT2D eigenvalue weighted by Gasteiger charge is -2.02. The number of likely N-dealkylation sites (N-methyl/N-ethyl adjacent to an activating group) is 1. The molecule has 10 heavy (non-hydrogen) atoms. The summed E-state index contributed by atoms with van der Waals surface area (Å²) in [4.78, 5) is 0. The Morgan fingerprint density at radius 3 is 2.40 bits per heavy atom. The van der Waals surface area contributed by atoms with E-state index < -0.39 is 0 Å². The average Bonchev–Trinajstić information content (AvgIpc) is 1.97. The van der Waals surface area contributed by atoms with Crippen LogP contribution >= 0.6 is 0 Å². The molecule has 0 aliphatic rings. The molecule has 0 aromatic carbocycles. The van der Waals surface area contributed by atoms with Crippen molar-refractivity contribution in [3.05, 3.63) is 0 Å². The van der Waals surface area contributed by atoms with Crippen molar-refractivity contribution in [2.24, 2.45) is 0 Å². The first-order valence-electron chi connectivity index (χ1n) is 4.27. The quantitative estimate of drug-likeness (QED) is 0.521. The first-order chi connectivity index (χ1) is 4.91. The van der Waals surface area contributed by atoms with Crippen LogP contribution in [0.1, 0.15) is 26.2 Å². The summed E-state index contributed by atoms with van der Waals surface area (Å²) in [6.07, 6.45) is 3.99. The smallest absolute Gasteiger partial charge is 0.00766 e. The molecule has 0 atom stereocenters. The Bertz CT molecular complexity index is 47.2. The van der Waals surface area contributed by atoms with Crippen LogP contribution in [0.3, 0.4) is 0 Å². The van der Waals surface area contributed by atoms with Crippen LogP contribution in [0.4, 0.5) is 0 Å². The SMILES string of the molecule is CCCCCNCCNC. The standard InChI is InChI=1S/C8H20N2/c1-3-4-5-6-10-8-7-9-2/h9-10H,3-8H2,1-2H3. The van der Waals surface area contributed by atoms with Crippen molar-refractivity contribution in [3.63, 3.8) is 0 Å². The van der Waals surface area contributed by atoms with Gasteiger partial charge in [0.2, 0.25) is 0 Å². The van der Waals surface area contributed by atoms with Gasteiger partial charge >= 0.3 is 0 Å². The van der Waals surface area contributed by atoms with E-state index in [-0.39, 0.29) is 0 Å². The summed E-state index contributed by atoms with van der Waals surface area (Å²) in [6, 6.07) is 0. The summed E-state index contributed by atoms with van der Waals surface area (Å²) in [5.74, 6) is 0. The van der Waals surface area contributed by atoms with Gasteiger partial charge in [-0.05, 0) is 20.0 Å². The molecule has 2 N–H and O–H groups in total. The number of unbranched alkanes of at least 4 members (excludes halogenated alkanes) is 2. The largest absolute Gasteiger partial charge is 0.318 e. The third-order valence-corrected chi connectivity index (χ3v) is 1.51. The van der Waals surface area contributed by atoms with Crippen molar-refractivity contribution in [1.29, 1.82) is 0 Å². The monoisotopic (exact) mass is 144 g/mol. The normalized spacial score (nSPS) is 10.2. The molecular weight excluding hydrogens is 124 g/mol. The fourth-order valence-corrected chi connectivity index (χ4v) is 0.838. The Hall–Kier alpha value is -0.0800. The lowest BCUT2D eigenvalue weighted by Crippen LogP contribution is -2.25. The molecule has 0 radical (unpaired) electrons. The van der Waals surface area contributed by atoms with E-state index in [4.69, 9.17) is 0 Å². The fourth-order valence-electron chi connectivity index (χ4n) is 0.838. The zero-order valence-electron chi connectivity index (χ0n) is 7.24. The molecule has 0 saturated heterocycles. The minimum atomic E-state index is 1.08. The maximum absolute atomic E-state index is 3.36. The highest BCUT2D eigenvalue weighted by molar-refractivity contribution is 4.48. The molecule has 0 aliphatic carbocycles. The molecule has 0 bridgehead atoms. The second-order valence-corrected chi connectivity index (χ2v) is 2.56. The zero-order chi connectivity index (χ0) is 7.66. The van der Waals surface area contributed by atoms with Crippen LogP contribution in [-0.4, -0.2) is 26.7 Å². The van der Waals surface area contributed by atoms with Crippen molar-refractivity contribution in [2.45, 2.75) is 26.2 Å². The van der Waals surface area contributed by atoms with Crippen LogP contribution in [0.25, 0.3) is 0 Å². The second-order valence-electron chi connectivity index (χ2n) is 2.56. The van der Waals surface area contributed by atoms with Gasteiger partial charge in [-0.1, -0.05) is 19.8 Å². The number of rotatable bonds is 7. The Morgan fingerprint density at radius 1 is 1.00 bits per heavy atom. The van der Waals surface area contributed by atoms with Crippen LogP contribution in [-0.2, 0) is 0 Å². The highest BCUT2D eigenvalue weighted by Crippen LogP contribution is 1.90. The van der Waals surface area contributed by atoms with E-state index >= 15 is 0 Å². The van der Waals surface area contributed by atoms with E-state index in [1.165, 1.54) is 25.8 Å². The van der Waals surface area contributed by atoms with Gasteiger partial charge in [0.15, 0.2) is 0 Å². The van der Waals surface area contributed by atoms with Crippen molar-refractivity contribution < 1.29 is 0 Å². The summed E-state index contributed by atoms with van der Waals surface area (Å²) in [7, 11) is 1.98. The van der Waals surface area contributed by atoms with E-state index in [0.717, 1.165) is 13.1 Å². The van der Waals surface area contributed by atoms with E-state index in [1.54, 1.807) is 0 Å². The van der Waals surface area contributed by atoms with Gasteiger partial charge in [-0.15, -0.1) is 0 Å². The predicted octanol–water partition coefficient (Wildman–Crippen LogP) is 0.986. The van der Waals surface area contributed by atoms with E-state index in [1.807, 2.05) is 7.05 Å². The van der Waals surface area contributed by atoms with Crippen molar-refractivity contribution in [3.8, 4) is 0 Å². The lowest BCUT2D eigenvalue weighted by molar-refractivity contribution is 0.602. The minimum absolute atomic E-state index is 1.08. The van der Waals surface area contributed by atoms with Gasteiger partial charge in [0.1, 0.15) is 0 Å². The van der Waals surface area contributed by atoms with Crippen LogP contribution in [0, 0.1) is 0 Å². The van der Waals surface area contributed by atoms with E-state index in [2.05, 4.69) is 17.6 Å². The fraction of sp³-hybridized carbons (Fsp3) is 1.00. The minimum Gasteiger partial charge on any atom is -0.318 e. The van der Waals surface area contributed by atoms with Crippen LogP contribution in [0.2, 0.25) is 0 Å². The molecule has 0 rings (SSSR count). The predicted molar refractivity (Wildman–Crippen MR) is 46.3 cm³/mol. The first kappa shape index (κ1) is 9.92. The molecule has 2 heteroatoms. The molecular formula is C8H20N2. The molecule has 0 heterocycles. The molecule has 2 nitrogen and oxygen atoms in total. The molecule has 0 aliphatic heterocycles. The van der Waals surface area contributed by atoms with Gasteiger partial charge < -0.3 is 10.6 Å². The Kier molecular flexibility index (Phi) is 8.85. The Balaban J connectivity index is 2.65. The summed E-state index contributed by atoms with van der Waals surface area (Å²) in [6.45, 7) is 5.58. The lowest BCUT2D eigenvalue weighted by atomic mass is 10.2. The highest BCUT2D eigenvalue weighted by atomic mass is 14.9. The first-order valence-corrected chi connectivity index (χ1v) is 4.27. The van der Waals surface area contributed by atoms with Gasteiger partial charge in [0.25, 0.3) is 0 Å². The van der Waals surface area contributed by atoms with E-state index in [0.29, 0.717) is 0 Å². The van der Waals surface area contributed by atoms with Gasteiger partial charge in [-0.25, -0.2) is 0 Å². The molecule has 0 unspecified atom stereocenters. The topological polar surface area (TPSA) is 24.1 Å². The molecule has 0 saturated carbocycles. The molecule has 0 spiro atoms. The third-order valence-electron chi connectivity index (χ3n) is 1.51. The van der Waals surface area contributed by atoms with Crippen molar-refractivity contribution in [2.75, 3.05) is 26.7 Å². The maximum atomic E-state index is 3.36. The van der Waals surface area contributed by atoms with Crippen LogP contribution < -0.4 is 10.6 Å². The van der Waals surface area contributed by atoms with Gasteiger partial charge in [0, 0.05) is 13.1 Å². The molecule has 0 aromatic rings. The summed E-state index contributed by atoms with van der Waals surface area (Å²) in [5.41, 5.74) is 0. The molecule has 0 amide bonds. The zero-order valence-corrected chi connectivity index (χ0v) is 7.24. The van der Waals surface area contributed by atoms with Gasteiger partial charge in [-0.2, -0.15) is 0 Å². The van der Waals surface area contributed by atoms with Crippen molar-refractivity contribution >= 4 is 0 Å². The van der Waals surface area contributed by atoms with Gasteiger partial charge in [0.05, 0.1) is 0 Å². The molecule has 62 valence electrons. The van der Waals surface area contributed by atoms with E-state index in [9.17, 15) is 0 Å². The molecule has 0 fully saturated rings. The highest BCUT2D eigenvalue weighted by Gasteiger charge is 1.84. The van der Waals surface area contributed by atoms with Gasteiger partial charge in [-0.3, -0.25) is 0 Å². The van der Waals surface area contributed by atoms with Crippen molar-refractivity contribution in [1.82, 2.24) is 10.6 Å². The Morgan fingerprint density at radius 2 is 1.80 bits per heavy atom. The number of hydrogen-bond acceptors (Lipinski definition) is 2. The summed E-state index contributed by atoms with van der Waals surface area (Å²) in [5, 5.41) is 6.45. The van der Waals surface area contributed by atoms with Crippen LogP contribution in [0.15, 0.2) is 0 Å². The average molecular weight is 144 g/mol. The summed E-state index contributed by atoms with van der Waals surface area (Å²) >= 11 is 0. The number of hydrogen-bond donors (Lipinski definition) is 2. The Labute approximate surface area is 64.4 Å². The number of nitrogens with one attached hydrogen (secondary N) is 2.